The van der Waals surface area contributed by atoms with E-state index in [-0.39, 0.29) is 5.78 Å². The minimum absolute atomic E-state index is 0.155. The predicted molar refractivity (Wildman–Crippen MR) is 121 cm³/mol. The van der Waals surface area contributed by atoms with Crippen molar-refractivity contribution in [1.82, 2.24) is 0 Å². The summed E-state index contributed by atoms with van der Waals surface area (Å²) in [5, 5.41) is 0. The summed E-state index contributed by atoms with van der Waals surface area (Å²) in [4.78, 5) is 12.2. The monoisotopic (exact) mass is 450 g/mol. The number of ketones is 1. The second-order valence-corrected chi connectivity index (χ2v) is 6.72. The van der Waals surface area contributed by atoms with E-state index >= 15 is 0 Å². The van der Waals surface area contributed by atoms with Crippen molar-refractivity contribution in [2.75, 3.05) is 39.2 Å². The van der Waals surface area contributed by atoms with Gasteiger partial charge in [-0.05, 0) is 47.5 Å². The number of allylic oxidation sites excluding steroid dienone is 2. The summed E-state index contributed by atoms with van der Waals surface area (Å²) in [6.45, 7) is 0.780. The molecule has 0 N–H and O–H groups in total. The molecule has 0 atom stereocenters. The van der Waals surface area contributed by atoms with Gasteiger partial charge in [0.05, 0.1) is 26.0 Å². The molecule has 2 aromatic rings. The molecule has 0 aliphatic carbocycles. The highest BCUT2D eigenvalue weighted by atomic mass is 35.5. The van der Waals surface area contributed by atoms with E-state index in [4.69, 9.17) is 42.1 Å². The van der Waals surface area contributed by atoms with Gasteiger partial charge in [-0.3, -0.25) is 4.79 Å². The second kappa shape index (κ2) is 12.8. The maximum Gasteiger partial charge on any atom is 0.178 e. The maximum atomic E-state index is 12.2. The van der Waals surface area contributed by atoms with E-state index in [0.29, 0.717) is 48.0 Å². The molecular formula is C23H24Cl2O5. The van der Waals surface area contributed by atoms with Crippen molar-refractivity contribution in [3.63, 3.8) is 0 Å². The van der Waals surface area contributed by atoms with Gasteiger partial charge in [0.2, 0.25) is 0 Å². The van der Waals surface area contributed by atoms with Gasteiger partial charge in [-0.25, -0.2) is 0 Å². The van der Waals surface area contributed by atoms with Gasteiger partial charge in [0, 0.05) is 0 Å². The summed E-state index contributed by atoms with van der Waals surface area (Å²) in [5.74, 6) is 2.99. The van der Waals surface area contributed by atoms with Crippen LogP contribution >= 0.6 is 23.2 Å². The molecule has 0 saturated carbocycles. The molecule has 30 heavy (non-hydrogen) atoms. The summed E-state index contributed by atoms with van der Waals surface area (Å²) >= 11 is 11.3. The zero-order valence-corrected chi connectivity index (χ0v) is 18.4. The van der Waals surface area contributed by atoms with Crippen LogP contribution in [0.15, 0.2) is 48.6 Å². The first-order valence-electron chi connectivity index (χ1n) is 9.25. The van der Waals surface area contributed by atoms with Crippen molar-refractivity contribution in [2.24, 2.45) is 0 Å². The fourth-order valence-corrected chi connectivity index (χ4v) is 2.68. The summed E-state index contributed by atoms with van der Waals surface area (Å²) in [6, 6.07) is 10.8. The van der Waals surface area contributed by atoms with Crippen LogP contribution in [0.3, 0.4) is 0 Å². The third kappa shape index (κ3) is 7.32. The third-order valence-electron chi connectivity index (χ3n) is 3.92. The molecule has 2 aromatic carbocycles. The number of methoxy groups -OCH3 is 2. The molecule has 0 radical (unpaired) electrons. The summed E-state index contributed by atoms with van der Waals surface area (Å²) in [7, 11) is 3.12. The molecule has 160 valence electrons. The van der Waals surface area contributed by atoms with Crippen LogP contribution in [0.2, 0.25) is 0 Å². The molecule has 0 aliphatic heterocycles. The second-order valence-electron chi connectivity index (χ2n) is 5.96. The number of ether oxygens (including phenoxy) is 4. The minimum atomic E-state index is -0.155. The Kier molecular flexibility index (Phi) is 10.1. The Bertz CT molecular complexity index is 822. The Morgan fingerprint density at radius 1 is 0.767 bits per heavy atom. The molecule has 0 bridgehead atoms. The van der Waals surface area contributed by atoms with Crippen molar-refractivity contribution in [3.8, 4) is 23.0 Å². The van der Waals surface area contributed by atoms with E-state index in [2.05, 4.69) is 0 Å². The summed E-state index contributed by atoms with van der Waals surface area (Å²) < 4.78 is 21.7. The lowest BCUT2D eigenvalue weighted by atomic mass is 10.1. The van der Waals surface area contributed by atoms with Gasteiger partial charge in [-0.2, -0.15) is 0 Å². The van der Waals surface area contributed by atoms with Gasteiger partial charge < -0.3 is 18.9 Å². The lowest BCUT2D eigenvalue weighted by Gasteiger charge is -2.10. The first-order chi connectivity index (χ1) is 14.6. The van der Waals surface area contributed by atoms with Crippen LogP contribution in [0.5, 0.6) is 23.0 Å². The smallest absolute Gasteiger partial charge is 0.178 e. The van der Waals surface area contributed by atoms with Gasteiger partial charge in [0.25, 0.3) is 0 Å². The Morgan fingerprint density at radius 2 is 1.20 bits per heavy atom. The Hall–Kier alpha value is -2.63. The van der Waals surface area contributed by atoms with Gasteiger partial charge >= 0.3 is 0 Å². The molecule has 0 fully saturated rings. The van der Waals surface area contributed by atoms with Crippen molar-refractivity contribution >= 4 is 41.1 Å². The topological polar surface area (TPSA) is 54.0 Å². The van der Waals surface area contributed by atoms with Crippen LogP contribution in [0.25, 0.3) is 12.2 Å². The normalized spacial score (nSPS) is 11.1. The van der Waals surface area contributed by atoms with Crippen LogP contribution in [0, 0.1) is 0 Å². The number of carbonyl (C=O) groups is 1. The molecule has 7 heteroatoms. The van der Waals surface area contributed by atoms with Crippen LogP contribution in [0.1, 0.15) is 11.1 Å². The molecule has 0 saturated heterocycles. The number of hydrogen-bond acceptors (Lipinski definition) is 5. The van der Waals surface area contributed by atoms with Gasteiger partial charge in [0.15, 0.2) is 28.8 Å². The number of carbonyl (C=O) groups excluding carboxylic acids is 1. The Morgan fingerprint density at radius 3 is 1.57 bits per heavy atom. The average molecular weight is 451 g/mol. The van der Waals surface area contributed by atoms with Crippen LogP contribution in [0.4, 0.5) is 0 Å². The predicted octanol–water partition coefficient (Wildman–Crippen LogP) is 5.23. The van der Waals surface area contributed by atoms with Crippen molar-refractivity contribution in [1.29, 1.82) is 0 Å². The highest BCUT2D eigenvalue weighted by Gasteiger charge is 2.06. The van der Waals surface area contributed by atoms with Crippen molar-refractivity contribution < 1.29 is 23.7 Å². The number of hydrogen-bond donors (Lipinski definition) is 0. The van der Waals surface area contributed by atoms with Gasteiger partial charge in [-0.1, -0.05) is 24.3 Å². The fourth-order valence-electron chi connectivity index (χ4n) is 2.52. The Labute approximate surface area is 186 Å². The molecule has 0 aromatic heterocycles. The zero-order chi connectivity index (χ0) is 21.8. The molecular weight excluding hydrogens is 427 g/mol. The van der Waals surface area contributed by atoms with E-state index in [9.17, 15) is 4.79 Å². The van der Waals surface area contributed by atoms with E-state index < -0.39 is 0 Å². The number of alkyl halides is 2. The van der Waals surface area contributed by atoms with Crippen molar-refractivity contribution in [2.45, 2.75) is 0 Å². The molecule has 2 rings (SSSR count). The number of benzene rings is 2. The minimum Gasteiger partial charge on any atom is -0.493 e. The number of halogens is 2. The van der Waals surface area contributed by atoms with Crippen LogP contribution in [-0.2, 0) is 4.79 Å². The molecule has 0 spiro atoms. The van der Waals surface area contributed by atoms with Gasteiger partial charge in [0.1, 0.15) is 13.2 Å². The molecule has 5 nitrogen and oxygen atoms in total. The van der Waals surface area contributed by atoms with E-state index in [0.717, 1.165) is 11.1 Å². The quantitative estimate of drug-likeness (QED) is 0.327. The molecule has 0 amide bonds. The van der Waals surface area contributed by atoms with Crippen LogP contribution in [-0.4, -0.2) is 45.0 Å². The maximum absolute atomic E-state index is 12.2. The van der Waals surface area contributed by atoms with E-state index in [1.54, 1.807) is 50.6 Å². The third-order valence-corrected chi connectivity index (χ3v) is 4.23. The van der Waals surface area contributed by atoms with E-state index in [1.807, 2.05) is 12.1 Å². The Balaban J connectivity index is 2.04. The molecule has 0 aliphatic rings. The zero-order valence-electron chi connectivity index (χ0n) is 16.9. The standard InChI is InChI=1S/C23H24Cl2O5/c1-27-22-15-17(5-9-20(22)29-13-11-24)3-7-19(26)8-4-18-6-10-21(30-14-12-25)23(16-18)28-2/h3-10,15-16H,11-14H2,1-2H3/b7-3+,8-4+. The van der Waals surface area contributed by atoms with Crippen LogP contribution < -0.4 is 18.9 Å². The van der Waals surface area contributed by atoms with Crippen molar-refractivity contribution in [3.05, 3.63) is 59.7 Å². The molecule has 0 heterocycles. The lowest BCUT2D eigenvalue weighted by molar-refractivity contribution is -0.110. The largest absolute Gasteiger partial charge is 0.493 e. The highest BCUT2D eigenvalue weighted by Crippen LogP contribution is 2.29. The fraction of sp³-hybridized carbons (Fsp3) is 0.261. The highest BCUT2D eigenvalue weighted by molar-refractivity contribution is 6.18. The molecule has 0 unspecified atom stereocenters. The summed E-state index contributed by atoms with van der Waals surface area (Å²) in [6.07, 6.45) is 6.40. The van der Waals surface area contributed by atoms with Gasteiger partial charge in [-0.15, -0.1) is 23.2 Å². The SMILES string of the molecule is COc1cc(/C=C/C(=O)/C=C/c2ccc(OCCCl)c(OC)c2)ccc1OCCCl. The average Bonchev–Trinajstić information content (AvgIpc) is 2.78. The van der Waals surface area contributed by atoms with E-state index in [1.165, 1.54) is 12.2 Å². The number of rotatable bonds is 12. The summed E-state index contributed by atoms with van der Waals surface area (Å²) in [5.41, 5.74) is 1.63. The first-order valence-corrected chi connectivity index (χ1v) is 10.3. The first kappa shape index (κ1) is 23.6. The lowest BCUT2D eigenvalue weighted by Crippen LogP contribution is -2.00.